The Morgan fingerprint density at radius 2 is 1.81 bits per heavy atom. The van der Waals surface area contributed by atoms with Crippen LogP contribution in [-0.2, 0) is 11.2 Å². The largest absolute Gasteiger partial charge is 0.393 e. The van der Waals surface area contributed by atoms with E-state index in [1.165, 1.54) is 0 Å². The van der Waals surface area contributed by atoms with Gasteiger partial charge >= 0.3 is 0 Å². The van der Waals surface area contributed by atoms with Gasteiger partial charge in [-0.05, 0) is 48.7 Å². The molecule has 0 aliphatic carbocycles. The van der Waals surface area contributed by atoms with Crippen LogP contribution < -0.4 is 5.32 Å². The summed E-state index contributed by atoms with van der Waals surface area (Å²) in [7, 11) is 0. The molecule has 6 heteroatoms. The van der Waals surface area contributed by atoms with Crippen molar-refractivity contribution in [1.29, 1.82) is 0 Å². The summed E-state index contributed by atoms with van der Waals surface area (Å²) in [6.07, 6.45) is 1.17. The number of nitrogens with zero attached hydrogens (tertiary/aromatic N) is 1. The molecule has 0 aromatic heterocycles. The maximum absolute atomic E-state index is 12.6. The first-order valence-electron chi connectivity index (χ1n) is 8.63. The van der Waals surface area contributed by atoms with Crippen molar-refractivity contribution < 1.29 is 14.7 Å². The fourth-order valence-corrected chi connectivity index (χ4v) is 3.24. The molecule has 5 nitrogen and oxygen atoms in total. The Balaban J connectivity index is 1.62. The third-order valence-electron chi connectivity index (χ3n) is 4.42. The molecule has 26 heavy (non-hydrogen) atoms. The number of hydrogen-bond acceptors (Lipinski definition) is 3. The summed E-state index contributed by atoms with van der Waals surface area (Å²) in [6.45, 7) is 1.11. The predicted molar refractivity (Wildman–Crippen MR) is 104 cm³/mol. The van der Waals surface area contributed by atoms with Gasteiger partial charge < -0.3 is 15.3 Å². The number of nitrogens with one attached hydrogen (secondary N) is 1. The van der Waals surface area contributed by atoms with E-state index in [4.69, 9.17) is 0 Å². The zero-order valence-corrected chi connectivity index (χ0v) is 15.9. The fraction of sp³-hybridized carbons (Fsp3) is 0.300. The summed E-state index contributed by atoms with van der Waals surface area (Å²) >= 11 is 3.37. The number of aliphatic hydroxyl groups excluding tert-OH is 1. The van der Waals surface area contributed by atoms with E-state index in [2.05, 4.69) is 21.2 Å². The van der Waals surface area contributed by atoms with Gasteiger partial charge in [-0.2, -0.15) is 0 Å². The van der Waals surface area contributed by atoms with E-state index in [9.17, 15) is 14.7 Å². The van der Waals surface area contributed by atoms with Crippen molar-refractivity contribution in [1.82, 2.24) is 4.90 Å². The lowest BCUT2D eigenvalue weighted by Crippen LogP contribution is -2.40. The number of amides is 2. The van der Waals surface area contributed by atoms with Gasteiger partial charge in [0.1, 0.15) is 0 Å². The van der Waals surface area contributed by atoms with Crippen molar-refractivity contribution in [3.63, 3.8) is 0 Å². The molecule has 0 unspecified atom stereocenters. The third kappa shape index (κ3) is 4.93. The van der Waals surface area contributed by atoms with Crippen LogP contribution in [0.5, 0.6) is 0 Å². The average Bonchev–Trinajstić information content (AvgIpc) is 2.64. The second-order valence-electron chi connectivity index (χ2n) is 6.46. The van der Waals surface area contributed by atoms with E-state index in [1.54, 1.807) is 29.2 Å². The van der Waals surface area contributed by atoms with Gasteiger partial charge in [0.15, 0.2) is 0 Å². The van der Waals surface area contributed by atoms with Gasteiger partial charge in [-0.3, -0.25) is 9.59 Å². The monoisotopic (exact) mass is 416 g/mol. The molecule has 1 aliphatic rings. The van der Waals surface area contributed by atoms with Crippen LogP contribution in [0.3, 0.4) is 0 Å². The van der Waals surface area contributed by atoms with Gasteiger partial charge in [-0.15, -0.1) is 0 Å². The molecule has 2 N–H and O–H groups in total. The topological polar surface area (TPSA) is 69.6 Å². The van der Waals surface area contributed by atoms with Gasteiger partial charge in [-0.1, -0.05) is 34.1 Å². The third-order valence-corrected chi connectivity index (χ3v) is 4.95. The van der Waals surface area contributed by atoms with Crippen LogP contribution in [0, 0.1) is 0 Å². The molecular formula is C20H21BrN2O3. The summed E-state index contributed by atoms with van der Waals surface area (Å²) < 4.78 is 0.970. The normalized spacial score (nSPS) is 14.9. The first kappa shape index (κ1) is 18.6. The highest BCUT2D eigenvalue weighted by Crippen LogP contribution is 2.17. The number of benzene rings is 2. The van der Waals surface area contributed by atoms with E-state index in [0.717, 1.165) is 10.0 Å². The molecule has 0 saturated carbocycles. The molecule has 3 rings (SSSR count). The molecule has 0 bridgehead atoms. The van der Waals surface area contributed by atoms with Crippen molar-refractivity contribution >= 4 is 33.4 Å². The number of hydrogen-bond donors (Lipinski definition) is 2. The lowest BCUT2D eigenvalue weighted by Gasteiger charge is -2.29. The number of aliphatic hydroxyl groups is 1. The predicted octanol–water partition coefficient (Wildman–Crippen LogP) is 3.23. The molecule has 1 heterocycles. The Labute approximate surface area is 161 Å². The molecule has 0 spiro atoms. The molecule has 1 aliphatic heterocycles. The Kier molecular flexibility index (Phi) is 6.06. The molecular weight excluding hydrogens is 396 g/mol. The quantitative estimate of drug-likeness (QED) is 0.803. The molecule has 1 saturated heterocycles. The van der Waals surface area contributed by atoms with Gasteiger partial charge in [0.25, 0.3) is 5.91 Å². The van der Waals surface area contributed by atoms with E-state index in [-0.39, 0.29) is 24.3 Å². The Hall–Kier alpha value is -2.18. The molecule has 2 aromatic rings. The number of halogens is 1. The number of carbonyl (C=O) groups excluding carboxylic acids is 2. The highest BCUT2D eigenvalue weighted by molar-refractivity contribution is 9.10. The van der Waals surface area contributed by atoms with E-state index in [1.807, 2.05) is 24.3 Å². The minimum absolute atomic E-state index is 0.0686. The summed E-state index contributed by atoms with van der Waals surface area (Å²) in [5.74, 6) is -0.195. The summed E-state index contributed by atoms with van der Waals surface area (Å²) in [6, 6.07) is 14.6. The number of anilines is 1. The van der Waals surface area contributed by atoms with Gasteiger partial charge in [-0.25, -0.2) is 0 Å². The first-order valence-corrected chi connectivity index (χ1v) is 9.42. The van der Waals surface area contributed by atoms with Crippen molar-refractivity contribution in [2.24, 2.45) is 0 Å². The Morgan fingerprint density at radius 3 is 2.50 bits per heavy atom. The average molecular weight is 417 g/mol. The van der Waals surface area contributed by atoms with Crippen molar-refractivity contribution in [3.8, 4) is 0 Å². The summed E-state index contributed by atoms with van der Waals surface area (Å²) in [4.78, 5) is 26.6. The van der Waals surface area contributed by atoms with E-state index in [0.29, 0.717) is 37.2 Å². The number of likely N-dealkylation sites (tertiary alicyclic amines) is 1. The van der Waals surface area contributed by atoms with Gasteiger partial charge in [0, 0.05) is 28.8 Å². The highest BCUT2D eigenvalue weighted by Gasteiger charge is 2.22. The Bertz CT molecular complexity index is 784. The lowest BCUT2D eigenvalue weighted by molar-refractivity contribution is -0.115. The van der Waals surface area contributed by atoms with Crippen molar-refractivity contribution in [3.05, 3.63) is 64.1 Å². The fourth-order valence-electron chi connectivity index (χ4n) is 2.97. The summed E-state index contributed by atoms with van der Waals surface area (Å²) in [5, 5.41) is 12.4. The van der Waals surface area contributed by atoms with E-state index >= 15 is 0 Å². The molecule has 0 radical (unpaired) electrons. The molecule has 2 aromatic carbocycles. The molecule has 136 valence electrons. The minimum atomic E-state index is -0.316. The maximum Gasteiger partial charge on any atom is 0.253 e. The molecule has 1 fully saturated rings. The first-order chi connectivity index (χ1) is 12.5. The van der Waals surface area contributed by atoms with Crippen LogP contribution in [0.4, 0.5) is 5.69 Å². The highest BCUT2D eigenvalue weighted by atomic mass is 79.9. The van der Waals surface area contributed by atoms with Crippen LogP contribution in [0.2, 0.25) is 0 Å². The minimum Gasteiger partial charge on any atom is -0.393 e. The van der Waals surface area contributed by atoms with Crippen LogP contribution >= 0.6 is 15.9 Å². The van der Waals surface area contributed by atoms with Crippen LogP contribution in [0.1, 0.15) is 28.8 Å². The number of rotatable bonds is 4. The second-order valence-corrected chi connectivity index (χ2v) is 7.37. The summed E-state index contributed by atoms with van der Waals surface area (Å²) in [5.41, 5.74) is 2.07. The van der Waals surface area contributed by atoms with Crippen LogP contribution in [0.25, 0.3) is 0 Å². The van der Waals surface area contributed by atoms with Gasteiger partial charge in [0.05, 0.1) is 12.5 Å². The number of carbonyl (C=O) groups is 2. The van der Waals surface area contributed by atoms with Gasteiger partial charge in [0.2, 0.25) is 5.91 Å². The molecule has 2 amide bonds. The zero-order valence-electron chi connectivity index (χ0n) is 14.3. The van der Waals surface area contributed by atoms with Crippen LogP contribution in [-0.4, -0.2) is 41.0 Å². The standard InChI is InChI=1S/C20H21BrN2O3/c21-16-6-4-14(5-7-16)12-19(25)22-17-3-1-2-15(13-17)20(26)23-10-8-18(24)9-11-23/h1-7,13,18,24H,8-12H2,(H,22,25). The Morgan fingerprint density at radius 1 is 1.12 bits per heavy atom. The second kappa shape index (κ2) is 8.47. The van der Waals surface area contributed by atoms with Crippen LogP contribution in [0.15, 0.2) is 53.0 Å². The van der Waals surface area contributed by atoms with Crippen molar-refractivity contribution in [2.45, 2.75) is 25.4 Å². The van der Waals surface area contributed by atoms with Crippen molar-refractivity contribution in [2.75, 3.05) is 18.4 Å². The number of piperidine rings is 1. The SMILES string of the molecule is O=C(Cc1ccc(Br)cc1)Nc1cccc(C(=O)N2CCC(O)CC2)c1. The lowest BCUT2D eigenvalue weighted by atomic mass is 10.1. The van der Waals surface area contributed by atoms with E-state index < -0.39 is 0 Å². The smallest absolute Gasteiger partial charge is 0.253 e. The molecule has 0 atom stereocenters. The maximum atomic E-state index is 12.6. The zero-order chi connectivity index (χ0) is 18.5.